The van der Waals surface area contributed by atoms with Crippen molar-refractivity contribution < 1.29 is 14.6 Å². The van der Waals surface area contributed by atoms with E-state index in [4.69, 9.17) is 14.6 Å². The van der Waals surface area contributed by atoms with E-state index in [0.717, 1.165) is 36.8 Å². The van der Waals surface area contributed by atoms with Crippen molar-refractivity contribution in [1.29, 1.82) is 0 Å². The Morgan fingerprint density at radius 3 is 2.92 bits per heavy atom. The number of hydrogen-bond acceptors (Lipinski definition) is 5. The van der Waals surface area contributed by atoms with E-state index in [0.29, 0.717) is 25.7 Å². The van der Waals surface area contributed by atoms with Gasteiger partial charge in [0.15, 0.2) is 11.5 Å². The summed E-state index contributed by atoms with van der Waals surface area (Å²) in [6, 6.07) is 8.34. The van der Waals surface area contributed by atoms with Crippen LogP contribution in [0.1, 0.15) is 30.0 Å². The lowest BCUT2D eigenvalue weighted by Crippen LogP contribution is -2.34. The Morgan fingerprint density at radius 2 is 2.04 bits per heavy atom. The van der Waals surface area contributed by atoms with Crippen LogP contribution in [0.3, 0.4) is 0 Å². The molecule has 3 heterocycles. The molecule has 1 N–H and O–H groups in total. The van der Waals surface area contributed by atoms with Crippen LogP contribution in [0.5, 0.6) is 11.5 Å². The number of nitrogens with zero attached hydrogens (tertiary/aromatic N) is 3. The number of likely N-dealkylation sites (tertiary alicyclic amines) is 1. The van der Waals surface area contributed by atoms with Crippen LogP contribution in [0, 0.1) is 0 Å². The predicted octanol–water partition coefficient (Wildman–Crippen LogP) is 2.03. The molecule has 0 amide bonds. The Morgan fingerprint density at radius 1 is 1.16 bits per heavy atom. The van der Waals surface area contributed by atoms with E-state index < -0.39 is 0 Å². The largest absolute Gasteiger partial charge is 0.486 e. The average molecular weight is 343 g/mol. The molecule has 0 saturated carbocycles. The molecule has 0 radical (unpaired) electrons. The molecule has 134 valence electrons. The highest BCUT2D eigenvalue weighted by molar-refractivity contribution is 5.43. The SMILES string of the molecule is OCCn1ccc([C@@H]2CCCN(Cc3ccc4c(c3)OCCO4)C2)n1. The van der Waals surface area contributed by atoms with Gasteiger partial charge in [-0.05, 0) is 43.1 Å². The van der Waals surface area contributed by atoms with Crippen molar-refractivity contribution >= 4 is 0 Å². The highest BCUT2D eigenvalue weighted by atomic mass is 16.6. The molecule has 25 heavy (non-hydrogen) atoms. The number of rotatable bonds is 5. The highest BCUT2D eigenvalue weighted by Gasteiger charge is 2.23. The number of hydrogen-bond donors (Lipinski definition) is 1. The maximum Gasteiger partial charge on any atom is 0.161 e. The quantitative estimate of drug-likeness (QED) is 0.900. The molecule has 0 aliphatic carbocycles. The summed E-state index contributed by atoms with van der Waals surface area (Å²) in [5.41, 5.74) is 2.40. The van der Waals surface area contributed by atoms with Gasteiger partial charge in [0, 0.05) is 25.2 Å². The minimum Gasteiger partial charge on any atom is -0.486 e. The zero-order chi connectivity index (χ0) is 17.1. The van der Waals surface area contributed by atoms with E-state index in [1.165, 1.54) is 18.4 Å². The number of piperidine rings is 1. The fraction of sp³-hybridized carbons (Fsp3) is 0.526. The van der Waals surface area contributed by atoms with Crippen LogP contribution in [0.2, 0.25) is 0 Å². The normalized spacial score (nSPS) is 20.6. The summed E-state index contributed by atoms with van der Waals surface area (Å²) in [6.45, 7) is 4.99. The first-order valence-electron chi connectivity index (χ1n) is 9.07. The van der Waals surface area contributed by atoms with Crippen LogP contribution in [0.15, 0.2) is 30.5 Å². The minimum absolute atomic E-state index is 0.127. The van der Waals surface area contributed by atoms with Crippen molar-refractivity contribution in [2.24, 2.45) is 0 Å². The second kappa shape index (κ2) is 7.45. The fourth-order valence-corrected chi connectivity index (χ4v) is 3.71. The van der Waals surface area contributed by atoms with Crippen LogP contribution in [-0.2, 0) is 13.1 Å². The molecule has 1 saturated heterocycles. The summed E-state index contributed by atoms with van der Waals surface area (Å²) in [6.07, 6.45) is 4.32. The van der Waals surface area contributed by atoms with Crippen LogP contribution < -0.4 is 9.47 Å². The summed E-state index contributed by atoms with van der Waals surface area (Å²) in [5, 5.41) is 13.7. The van der Waals surface area contributed by atoms with E-state index in [1.54, 1.807) is 0 Å². The number of aliphatic hydroxyl groups excluding tert-OH is 1. The lowest BCUT2D eigenvalue weighted by Gasteiger charge is -2.32. The molecule has 0 bridgehead atoms. The first-order chi connectivity index (χ1) is 12.3. The van der Waals surface area contributed by atoms with E-state index >= 15 is 0 Å². The molecule has 2 aliphatic heterocycles. The Hall–Kier alpha value is -2.05. The standard InChI is InChI=1S/C19H25N3O3/c23-9-8-22-7-5-17(20-22)16-2-1-6-21(14-16)13-15-3-4-18-19(12-15)25-11-10-24-18/h3-5,7,12,16,23H,1-2,6,8-11,13-14H2/t16-/m1/s1. The van der Waals surface area contributed by atoms with Gasteiger partial charge in [0.2, 0.25) is 0 Å². The summed E-state index contributed by atoms with van der Waals surface area (Å²) in [7, 11) is 0. The van der Waals surface area contributed by atoms with Gasteiger partial charge in [-0.1, -0.05) is 6.07 Å². The first-order valence-corrected chi connectivity index (χ1v) is 9.07. The number of aliphatic hydroxyl groups is 1. The summed E-state index contributed by atoms with van der Waals surface area (Å²) < 4.78 is 13.1. The third-order valence-corrected chi connectivity index (χ3v) is 4.93. The second-order valence-electron chi connectivity index (χ2n) is 6.78. The molecule has 1 aromatic carbocycles. The Labute approximate surface area is 148 Å². The molecule has 1 atom stereocenters. The molecule has 1 aromatic heterocycles. The van der Waals surface area contributed by atoms with E-state index in [9.17, 15) is 0 Å². The third kappa shape index (κ3) is 3.80. The zero-order valence-corrected chi connectivity index (χ0v) is 14.4. The van der Waals surface area contributed by atoms with E-state index in [2.05, 4.69) is 28.2 Å². The van der Waals surface area contributed by atoms with Crippen molar-refractivity contribution in [3.63, 3.8) is 0 Å². The number of benzene rings is 1. The predicted molar refractivity (Wildman–Crippen MR) is 94.0 cm³/mol. The van der Waals surface area contributed by atoms with Gasteiger partial charge in [-0.25, -0.2) is 0 Å². The van der Waals surface area contributed by atoms with Crippen molar-refractivity contribution in [3.8, 4) is 11.5 Å². The van der Waals surface area contributed by atoms with Gasteiger partial charge in [0.05, 0.1) is 18.8 Å². The Balaban J connectivity index is 1.41. The van der Waals surface area contributed by atoms with Gasteiger partial charge >= 0.3 is 0 Å². The van der Waals surface area contributed by atoms with Crippen LogP contribution in [0.4, 0.5) is 0 Å². The van der Waals surface area contributed by atoms with Gasteiger partial charge < -0.3 is 14.6 Å². The second-order valence-corrected chi connectivity index (χ2v) is 6.78. The summed E-state index contributed by atoms with van der Waals surface area (Å²) in [5.74, 6) is 2.17. The Kier molecular flexibility index (Phi) is 4.90. The molecule has 1 fully saturated rings. The molecule has 6 heteroatoms. The van der Waals surface area contributed by atoms with Crippen LogP contribution >= 0.6 is 0 Å². The molecular weight excluding hydrogens is 318 g/mol. The summed E-state index contributed by atoms with van der Waals surface area (Å²) >= 11 is 0. The molecule has 0 spiro atoms. The maximum atomic E-state index is 9.04. The van der Waals surface area contributed by atoms with Crippen molar-refractivity contribution in [2.45, 2.75) is 31.8 Å². The molecule has 2 aromatic rings. The van der Waals surface area contributed by atoms with Gasteiger partial charge in [0.25, 0.3) is 0 Å². The minimum atomic E-state index is 0.127. The van der Waals surface area contributed by atoms with Crippen LogP contribution in [0.25, 0.3) is 0 Å². The fourth-order valence-electron chi connectivity index (χ4n) is 3.71. The van der Waals surface area contributed by atoms with Crippen molar-refractivity contribution in [3.05, 3.63) is 41.7 Å². The highest BCUT2D eigenvalue weighted by Crippen LogP contribution is 2.32. The molecule has 4 rings (SSSR count). The maximum absolute atomic E-state index is 9.04. The molecule has 2 aliphatic rings. The van der Waals surface area contributed by atoms with Gasteiger partial charge in [-0.15, -0.1) is 0 Å². The topological polar surface area (TPSA) is 59.8 Å². The molecular formula is C19H25N3O3. The van der Waals surface area contributed by atoms with E-state index in [1.807, 2.05) is 16.9 Å². The third-order valence-electron chi connectivity index (χ3n) is 4.93. The van der Waals surface area contributed by atoms with Crippen molar-refractivity contribution in [2.75, 3.05) is 32.9 Å². The molecule has 0 unspecified atom stereocenters. The van der Waals surface area contributed by atoms with Crippen LogP contribution in [-0.4, -0.2) is 52.7 Å². The number of fused-ring (bicyclic) bond motifs is 1. The number of aromatic nitrogens is 2. The first kappa shape index (κ1) is 16.4. The summed E-state index contributed by atoms with van der Waals surface area (Å²) in [4.78, 5) is 2.49. The lowest BCUT2D eigenvalue weighted by atomic mass is 9.94. The monoisotopic (exact) mass is 343 g/mol. The van der Waals surface area contributed by atoms with Gasteiger partial charge in [-0.2, -0.15) is 5.10 Å². The Bertz CT molecular complexity index is 716. The average Bonchev–Trinajstić information content (AvgIpc) is 3.11. The number of ether oxygens (including phenoxy) is 2. The van der Waals surface area contributed by atoms with Gasteiger partial charge in [0.1, 0.15) is 13.2 Å². The lowest BCUT2D eigenvalue weighted by molar-refractivity contribution is 0.170. The van der Waals surface area contributed by atoms with Gasteiger partial charge in [-0.3, -0.25) is 9.58 Å². The smallest absolute Gasteiger partial charge is 0.161 e. The molecule has 6 nitrogen and oxygen atoms in total. The zero-order valence-electron chi connectivity index (χ0n) is 14.4. The van der Waals surface area contributed by atoms with E-state index in [-0.39, 0.29) is 6.61 Å². The van der Waals surface area contributed by atoms with Crippen molar-refractivity contribution in [1.82, 2.24) is 14.7 Å².